The topological polar surface area (TPSA) is 91.0 Å². The van der Waals surface area contributed by atoms with Gasteiger partial charge in [-0.1, -0.05) is 5.21 Å². The molecule has 8 heteroatoms. The zero-order chi connectivity index (χ0) is 18.4. The minimum absolute atomic E-state index is 0.0850. The molecular weight excluding hydrogens is 334 g/mol. The van der Waals surface area contributed by atoms with Crippen LogP contribution in [0, 0.1) is 0 Å². The maximum atomic E-state index is 12.5. The van der Waals surface area contributed by atoms with Crippen molar-refractivity contribution in [2.75, 3.05) is 19.0 Å². The number of carbonyl (C=O) groups excluding carboxylic acids is 1. The lowest BCUT2D eigenvalue weighted by molar-refractivity contribution is -0.116. The van der Waals surface area contributed by atoms with Gasteiger partial charge in [-0.15, -0.1) is 5.10 Å². The monoisotopic (exact) mass is 355 g/mol. The van der Waals surface area contributed by atoms with Crippen molar-refractivity contribution in [3.63, 3.8) is 0 Å². The van der Waals surface area contributed by atoms with Gasteiger partial charge in [0.1, 0.15) is 5.52 Å². The predicted molar refractivity (Wildman–Crippen MR) is 98.0 cm³/mol. The second kappa shape index (κ2) is 8.39. The van der Waals surface area contributed by atoms with Gasteiger partial charge in [0.2, 0.25) is 5.91 Å². The number of aryl methyl sites for hydroxylation is 1. The number of ether oxygens (including phenoxy) is 1. The van der Waals surface area contributed by atoms with E-state index in [4.69, 9.17) is 4.74 Å². The number of fused-ring (bicyclic) bond motifs is 1. The Labute approximate surface area is 150 Å². The summed E-state index contributed by atoms with van der Waals surface area (Å²) in [6, 6.07) is 8.95. The number of rotatable bonds is 8. The number of hydrogen-bond donors (Lipinski definition) is 1. The van der Waals surface area contributed by atoms with Crippen molar-refractivity contribution in [2.24, 2.45) is 0 Å². The molecule has 3 rings (SSSR count). The predicted octanol–water partition coefficient (Wildman–Crippen LogP) is 1.66. The minimum Gasteiger partial charge on any atom is -0.383 e. The molecule has 0 atom stereocenters. The molecule has 0 aliphatic rings. The number of nitrogens with zero attached hydrogens (tertiary/aromatic N) is 4. The Morgan fingerprint density at radius 2 is 2.04 bits per heavy atom. The van der Waals surface area contributed by atoms with Crippen molar-refractivity contribution in [3.8, 4) is 0 Å². The quantitative estimate of drug-likeness (QED) is 0.663. The average molecular weight is 355 g/mol. The van der Waals surface area contributed by atoms with Crippen molar-refractivity contribution in [1.29, 1.82) is 0 Å². The Morgan fingerprint density at radius 1 is 1.23 bits per heavy atom. The van der Waals surface area contributed by atoms with E-state index in [-0.39, 0.29) is 11.5 Å². The maximum absolute atomic E-state index is 12.5. The molecule has 2 heterocycles. The Bertz CT molecular complexity index is 934. The van der Waals surface area contributed by atoms with Crippen LogP contribution in [0.2, 0.25) is 0 Å². The molecule has 2 aromatic heterocycles. The molecule has 0 aliphatic heterocycles. The van der Waals surface area contributed by atoms with Crippen LogP contribution >= 0.6 is 0 Å². The highest BCUT2D eigenvalue weighted by Gasteiger charge is 2.08. The smallest absolute Gasteiger partial charge is 0.277 e. The lowest BCUT2D eigenvalue weighted by Gasteiger charge is -2.08. The average Bonchev–Trinajstić information content (AvgIpc) is 3.15. The summed E-state index contributed by atoms with van der Waals surface area (Å²) >= 11 is 0. The molecule has 0 aliphatic carbocycles. The number of benzene rings is 1. The highest BCUT2D eigenvalue weighted by Crippen LogP contribution is 2.14. The Kier molecular flexibility index (Phi) is 5.75. The molecule has 0 unspecified atom stereocenters. The van der Waals surface area contributed by atoms with Crippen LogP contribution in [0.5, 0.6) is 0 Å². The lowest BCUT2D eigenvalue weighted by atomic mass is 10.2. The number of nitrogens with one attached hydrogen (secondary N) is 1. The van der Waals surface area contributed by atoms with Crippen LogP contribution in [0.4, 0.5) is 5.69 Å². The molecule has 0 spiro atoms. The van der Waals surface area contributed by atoms with Gasteiger partial charge in [0, 0.05) is 38.2 Å². The van der Waals surface area contributed by atoms with Crippen LogP contribution in [0.3, 0.4) is 0 Å². The van der Waals surface area contributed by atoms with Gasteiger partial charge in [0.15, 0.2) is 0 Å². The first-order valence-electron chi connectivity index (χ1n) is 8.44. The number of amides is 1. The van der Waals surface area contributed by atoms with Crippen LogP contribution in [0.1, 0.15) is 12.8 Å². The highest BCUT2D eigenvalue weighted by molar-refractivity contribution is 5.93. The van der Waals surface area contributed by atoms with Crippen LogP contribution in [0.15, 0.2) is 47.5 Å². The van der Waals surface area contributed by atoms with Gasteiger partial charge in [-0.2, -0.15) is 0 Å². The lowest BCUT2D eigenvalue weighted by Crippen LogP contribution is -2.26. The molecule has 136 valence electrons. The van der Waals surface area contributed by atoms with E-state index in [0.29, 0.717) is 36.2 Å². The maximum Gasteiger partial charge on any atom is 0.277 e. The first-order chi connectivity index (χ1) is 12.7. The third kappa shape index (κ3) is 4.34. The zero-order valence-electron chi connectivity index (χ0n) is 14.6. The standard InChI is InChI=1S/C18H21N5O3/c1-26-12-11-23-18(25)15-13-14(6-7-16(15)20-21-23)19-17(24)5-4-10-22-8-2-3-9-22/h2-3,6-9,13H,4-5,10-12H2,1H3,(H,19,24). The van der Waals surface area contributed by atoms with Gasteiger partial charge in [0.05, 0.1) is 18.5 Å². The third-order valence-corrected chi connectivity index (χ3v) is 4.00. The van der Waals surface area contributed by atoms with E-state index in [1.54, 1.807) is 25.3 Å². The fourth-order valence-electron chi connectivity index (χ4n) is 2.64. The molecule has 26 heavy (non-hydrogen) atoms. The zero-order valence-corrected chi connectivity index (χ0v) is 14.6. The summed E-state index contributed by atoms with van der Waals surface area (Å²) in [5.74, 6) is -0.0850. The molecule has 0 saturated heterocycles. The molecule has 1 N–H and O–H groups in total. The summed E-state index contributed by atoms with van der Waals surface area (Å²) in [4.78, 5) is 24.6. The fourth-order valence-corrected chi connectivity index (χ4v) is 2.64. The molecule has 1 amide bonds. The van der Waals surface area contributed by atoms with E-state index >= 15 is 0 Å². The van der Waals surface area contributed by atoms with Gasteiger partial charge in [0.25, 0.3) is 5.56 Å². The van der Waals surface area contributed by atoms with Crippen molar-refractivity contribution in [1.82, 2.24) is 19.6 Å². The number of aromatic nitrogens is 4. The summed E-state index contributed by atoms with van der Waals surface area (Å²) in [7, 11) is 1.56. The molecule has 0 radical (unpaired) electrons. The van der Waals surface area contributed by atoms with Gasteiger partial charge >= 0.3 is 0 Å². The minimum atomic E-state index is -0.254. The Hall–Kier alpha value is -3.00. The second-order valence-electron chi connectivity index (χ2n) is 5.92. The van der Waals surface area contributed by atoms with E-state index < -0.39 is 0 Å². The number of anilines is 1. The first-order valence-corrected chi connectivity index (χ1v) is 8.44. The van der Waals surface area contributed by atoms with Crippen molar-refractivity contribution in [3.05, 3.63) is 53.1 Å². The summed E-state index contributed by atoms with van der Waals surface area (Å²) < 4.78 is 8.26. The number of hydrogen-bond acceptors (Lipinski definition) is 5. The van der Waals surface area contributed by atoms with Crippen molar-refractivity contribution < 1.29 is 9.53 Å². The van der Waals surface area contributed by atoms with E-state index in [0.717, 1.165) is 13.0 Å². The van der Waals surface area contributed by atoms with E-state index in [2.05, 4.69) is 15.6 Å². The largest absolute Gasteiger partial charge is 0.383 e. The van der Waals surface area contributed by atoms with Crippen molar-refractivity contribution in [2.45, 2.75) is 25.9 Å². The highest BCUT2D eigenvalue weighted by atomic mass is 16.5. The third-order valence-electron chi connectivity index (χ3n) is 4.00. The molecule has 3 aromatic rings. The van der Waals surface area contributed by atoms with Gasteiger partial charge in [-0.25, -0.2) is 4.68 Å². The van der Waals surface area contributed by atoms with Gasteiger partial charge in [-0.05, 0) is 36.8 Å². The van der Waals surface area contributed by atoms with Crippen LogP contribution in [0.25, 0.3) is 10.9 Å². The van der Waals surface area contributed by atoms with Gasteiger partial charge in [-0.3, -0.25) is 9.59 Å². The summed E-state index contributed by atoms with van der Waals surface area (Å²) in [6.45, 7) is 1.49. The van der Waals surface area contributed by atoms with Crippen LogP contribution < -0.4 is 10.9 Å². The number of methoxy groups -OCH3 is 1. The van der Waals surface area contributed by atoms with Crippen LogP contribution in [-0.2, 0) is 22.6 Å². The summed E-state index contributed by atoms with van der Waals surface area (Å²) in [6.07, 6.45) is 5.08. The summed E-state index contributed by atoms with van der Waals surface area (Å²) in [5, 5.41) is 11.2. The molecular formula is C18H21N5O3. The number of carbonyl (C=O) groups is 1. The summed E-state index contributed by atoms with van der Waals surface area (Å²) in [5.41, 5.74) is 0.817. The SMILES string of the molecule is COCCn1nnc2ccc(NC(=O)CCCn3cccc3)cc2c1=O. The fraction of sp³-hybridized carbons (Fsp3) is 0.333. The molecule has 0 bridgehead atoms. The molecule has 1 aromatic carbocycles. The van der Waals surface area contributed by atoms with E-state index in [9.17, 15) is 9.59 Å². The van der Waals surface area contributed by atoms with Crippen LogP contribution in [-0.4, -0.2) is 39.2 Å². The molecule has 0 saturated carbocycles. The normalized spacial score (nSPS) is 11.0. The van der Waals surface area contributed by atoms with E-state index in [1.807, 2.05) is 29.1 Å². The Balaban J connectivity index is 1.66. The molecule has 0 fully saturated rings. The van der Waals surface area contributed by atoms with E-state index in [1.165, 1.54) is 4.68 Å². The van der Waals surface area contributed by atoms with Crippen molar-refractivity contribution >= 4 is 22.5 Å². The second-order valence-corrected chi connectivity index (χ2v) is 5.92. The Morgan fingerprint density at radius 3 is 2.81 bits per heavy atom. The molecule has 8 nitrogen and oxygen atoms in total. The van der Waals surface area contributed by atoms with Gasteiger partial charge < -0.3 is 14.6 Å². The first kappa shape index (κ1) is 17.8.